The van der Waals surface area contributed by atoms with Crippen molar-refractivity contribution in [3.05, 3.63) is 66.1 Å². The summed E-state index contributed by atoms with van der Waals surface area (Å²) in [6, 6.07) is 11.6. The summed E-state index contributed by atoms with van der Waals surface area (Å²) in [5.41, 5.74) is 6.91. The van der Waals surface area contributed by atoms with E-state index in [4.69, 9.17) is 10.3 Å². The van der Waals surface area contributed by atoms with Crippen LogP contribution in [0.15, 0.2) is 53.3 Å². The normalized spacial score (nSPS) is 17.9. The molecular weight excluding hydrogens is 278 g/mol. The maximum Gasteiger partial charge on any atom is 0.256 e. The molecule has 0 radical (unpaired) electrons. The minimum Gasteiger partial charge on any atom is -0.336 e. The fourth-order valence-corrected chi connectivity index (χ4v) is 2.81. The Bertz CT molecular complexity index is 746. The number of benzene rings is 1. The number of nitrogens with zero attached hydrogens (tertiary/aromatic N) is 4. The van der Waals surface area contributed by atoms with Crippen molar-refractivity contribution in [1.29, 1.82) is 0 Å². The summed E-state index contributed by atoms with van der Waals surface area (Å²) in [5, 5.41) is 8.45. The molecule has 1 unspecified atom stereocenters. The molecule has 2 heterocycles. The van der Waals surface area contributed by atoms with Gasteiger partial charge in [-0.1, -0.05) is 35.5 Å². The molecule has 1 aliphatic carbocycles. The Hall–Kier alpha value is -2.47. The SMILES string of the molecule is NC1(c2noc(C(c3ccccc3)n3cccn3)n2)CCC1. The van der Waals surface area contributed by atoms with E-state index in [-0.39, 0.29) is 6.04 Å². The van der Waals surface area contributed by atoms with E-state index in [2.05, 4.69) is 15.2 Å². The van der Waals surface area contributed by atoms with Crippen LogP contribution in [-0.2, 0) is 5.54 Å². The molecule has 1 aromatic carbocycles. The van der Waals surface area contributed by atoms with Crippen LogP contribution in [-0.4, -0.2) is 19.9 Å². The van der Waals surface area contributed by atoms with E-state index < -0.39 is 5.54 Å². The highest BCUT2D eigenvalue weighted by Crippen LogP contribution is 2.37. The maximum absolute atomic E-state index is 6.29. The van der Waals surface area contributed by atoms with Crippen LogP contribution < -0.4 is 5.73 Å². The van der Waals surface area contributed by atoms with Gasteiger partial charge in [0, 0.05) is 12.4 Å². The molecule has 0 saturated heterocycles. The highest BCUT2D eigenvalue weighted by molar-refractivity contribution is 5.25. The third-order valence-electron chi connectivity index (χ3n) is 4.27. The lowest BCUT2D eigenvalue weighted by Gasteiger charge is -2.34. The Balaban J connectivity index is 1.75. The number of hydrogen-bond acceptors (Lipinski definition) is 5. The second kappa shape index (κ2) is 5.06. The van der Waals surface area contributed by atoms with Crippen molar-refractivity contribution in [2.45, 2.75) is 30.8 Å². The summed E-state index contributed by atoms with van der Waals surface area (Å²) in [4.78, 5) is 4.57. The predicted octanol–water partition coefficient (Wildman–Crippen LogP) is 2.24. The Morgan fingerprint density at radius 3 is 2.64 bits per heavy atom. The monoisotopic (exact) mass is 295 g/mol. The van der Waals surface area contributed by atoms with Crippen LogP contribution in [0.5, 0.6) is 0 Å². The van der Waals surface area contributed by atoms with Gasteiger partial charge in [-0.25, -0.2) is 0 Å². The van der Waals surface area contributed by atoms with Crippen molar-refractivity contribution in [3.8, 4) is 0 Å². The molecule has 2 N–H and O–H groups in total. The second-order valence-corrected chi connectivity index (χ2v) is 5.77. The number of aromatic nitrogens is 4. The zero-order valence-corrected chi connectivity index (χ0v) is 12.1. The summed E-state index contributed by atoms with van der Waals surface area (Å²) >= 11 is 0. The molecule has 1 atom stereocenters. The lowest BCUT2D eigenvalue weighted by atomic mass is 9.77. The van der Waals surface area contributed by atoms with E-state index in [1.807, 2.05) is 47.3 Å². The van der Waals surface area contributed by atoms with Crippen molar-refractivity contribution in [1.82, 2.24) is 19.9 Å². The molecule has 1 aliphatic rings. The van der Waals surface area contributed by atoms with Crippen molar-refractivity contribution in [3.63, 3.8) is 0 Å². The van der Waals surface area contributed by atoms with E-state index >= 15 is 0 Å². The molecule has 0 bridgehead atoms. The highest BCUT2D eigenvalue weighted by Gasteiger charge is 2.39. The van der Waals surface area contributed by atoms with Gasteiger partial charge in [-0.15, -0.1) is 0 Å². The minimum absolute atomic E-state index is 0.235. The minimum atomic E-state index is -0.424. The molecule has 6 heteroatoms. The molecule has 0 amide bonds. The zero-order valence-electron chi connectivity index (χ0n) is 12.1. The molecule has 2 aromatic heterocycles. The number of hydrogen-bond donors (Lipinski definition) is 1. The smallest absolute Gasteiger partial charge is 0.256 e. The van der Waals surface area contributed by atoms with Gasteiger partial charge in [0.15, 0.2) is 11.9 Å². The Kier molecular flexibility index (Phi) is 3.04. The molecule has 6 nitrogen and oxygen atoms in total. The molecule has 3 aromatic rings. The van der Waals surface area contributed by atoms with Crippen LogP contribution in [0.1, 0.15) is 42.6 Å². The average Bonchev–Trinajstić information content (AvgIpc) is 3.19. The predicted molar refractivity (Wildman–Crippen MR) is 79.9 cm³/mol. The van der Waals surface area contributed by atoms with Gasteiger partial charge in [-0.3, -0.25) is 4.68 Å². The fourth-order valence-electron chi connectivity index (χ4n) is 2.81. The quantitative estimate of drug-likeness (QED) is 0.798. The third-order valence-corrected chi connectivity index (χ3v) is 4.27. The van der Waals surface area contributed by atoms with Crippen molar-refractivity contribution in [2.75, 3.05) is 0 Å². The molecule has 1 saturated carbocycles. The first-order chi connectivity index (χ1) is 10.8. The van der Waals surface area contributed by atoms with E-state index in [1.54, 1.807) is 6.20 Å². The third kappa shape index (κ3) is 2.12. The van der Waals surface area contributed by atoms with Crippen molar-refractivity contribution >= 4 is 0 Å². The lowest BCUT2D eigenvalue weighted by molar-refractivity contribution is 0.228. The topological polar surface area (TPSA) is 82.8 Å². The first-order valence-electron chi connectivity index (χ1n) is 7.43. The van der Waals surface area contributed by atoms with Crippen molar-refractivity contribution < 1.29 is 4.52 Å². The van der Waals surface area contributed by atoms with Gasteiger partial charge in [0.1, 0.15) is 0 Å². The van der Waals surface area contributed by atoms with Crippen LogP contribution in [0.25, 0.3) is 0 Å². The van der Waals surface area contributed by atoms with Gasteiger partial charge in [0.2, 0.25) is 0 Å². The number of nitrogens with two attached hydrogens (primary N) is 1. The Morgan fingerprint density at radius 2 is 2.00 bits per heavy atom. The molecule has 0 aliphatic heterocycles. The van der Waals surface area contributed by atoms with Crippen LogP contribution in [0.2, 0.25) is 0 Å². The molecule has 112 valence electrons. The van der Waals surface area contributed by atoms with Gasteiger partial charge in [0.25, 0.3) is 5.89 Å². The first kappa shape index (κ1) is 13.2. The molecule has 1 fully saturated rings. The maximum atomic E-state index is 6.29. The number of rotatable bonds is 4. The van der Waals surface area contributed by atoms with Crippen LogP contribution in [0.3, 0.4) is 0 Å². The van der Waals surface area contributed by atoms with E-state index in [0.29, 0.717) is 11.7 Å². The van der Waals surface area contributed by atoms with Crippen molar-refractivity contribution in [2.24, 2.45) is 5.73 Å². The fraction of sp³-hybridized carbons (Fsp3) is 0.312. The highest BCUT2D eigenvalue weighted by atomic mass is 16.5. The summed E-state index contributed by atoms with van der Waals surface area (Å²) < 4.78 is 7.34. The summed E-state index contributed by atoms with van der Waals surface area (Å²) in [6.07, 6.45) is 6.56. The van der Waals surface area contributed by atoms with E-state index in [9.17, 15) is 0 Å². The summed E-state index contributed by atoms with van der Waals surface area (Å²) in [7, 11) is 0. The second-order valence-electron chi connectivity index (χ2n) is 5.77. The van der Waals surface area contributed by atoms with Gasteiger partial charge >= 0.3 is 0 Å². The molecule has 0 spiro atoms. The zero-order chi connectivity index (χ0) is 15.0. The largest absolute Gasteiger partial charge is 0.336 e. The van der Waals surface area contributed by atoms with E-state index in [0.717, 1.165) is 24.8 Å². The van der Waals surface area contributed by atoms with Crippen LogP contribution in [0, 0.1) is 0 Å². The van der Waals surface area contributed by atoms with Gasteiger partial charge < -0.3 is 10.3 Å². The molecular formula is C16H17N5O. The average molecular weight is 295 g/mol. The van der Waals surface area contributed by atoms with Crippen LogP contribution in [0.4, 0.5) is 0 Å². The standard InChI is InChI=1S/C16H17N5O/c17-16(8-4-9-16)15-19-14(22-20-15)13(21-11-5-10-18-21)12-6-2-1-3-7-12/h1-3,5-7,10-11,13H,4,8-9,17H2. The lowest BCUT2D eigenvalue weighted by Crippen LogP contribution is -2.44. The molecule has 22 heavy (non-hydrogen) atoms. The Labute approximate surface area is 127 Å². The van der Waals surface area contributed by atoms with Gasteiger partial charge in [-0.2, -0.15) is 10.1 Å². The van der Waals surface area contributed by atoms with Gasteiger partial charge in [-0.05, 0) is 30.9 Å². The summed E-state index contributed by atoms with van der Waals surface area (Å²) in [6.45, 7) is 0. The molecule has 4 rings (SSSR count). The Morgan fingerprint density at radius 1 is 1.18 bits per heavy atom. The summed E-state index contributed by atoms with van der Waals surface area (Å²) in [5.74, 6) is 1.11. The van der Waals surface area contributed by atoms with Crippen LogP contribution >= 0.6 is 0 Å². The first-order valence-corrected chi connectivity index (χ1v) is 7.43. The van der Waals surface area contributed by atoms with Gasteiger partial charge in [0.05, 0.1) is 5.54 Å². The van der Waals surface area contributed by atoms with E-state index in [1.165, 1.54) is 0 Å².